The molecule has 0 bridgehead atoms. The lowest BCUT2D eigenvalue weighted by Gasteiger charge is -2.15. The average Bonchev–Trinajstić information content (AvgIpc) is 2.81. The summed E-state index contributed by atoms with van der Waals surface area (Å²) in [5.41, 5.74) is 2.24. The molecule has 1 heterocycles. The van der Waals surface area contributed by atoms with Gasteiger partial charge in [-0.15, -0.1) is 5.10 Å². The third-order valence-electron chi connectivity index (χ3n) is 2.36. The van der Waals surface area contributed by atoms with Crippen molar-refractivity contribution in [3.05, 3.63) is 11.9 Å². The molecule has 8 heteroatoms. The second-order valence-corrected chi connectivity index (χ2v) is 3.75. The normalized spacial score (nSPS) is 10.8. The fourth-order valence-electron chi connectivity index (χ4n) is 1.27. The first kappa shape index (κ1) is 13.6. The van der Waals surface area contributed by atoms with Gasteiger partial charge in [-0.25, -0.2) is 5.84 Å². The first-order valence-electron chi connectivity index (χ1n) is 5.41. The van der Waals surface area contributed by atoms with Gasteiger partial charge in [0.2, 0.25) is 0 Å². The standard InChI is InChI=1S/C9H19N7O/c1-11-3-4-15(2)5-6-16-7-8(13-14-16)9(17)12-10/h7,11H,3-6,10H2,1-2H3,(H,12,17). The minimum Gasteiger partial charge on any atom is -0.318 e. The molecule has 96 valence electrons. The summed E-state index contributed by atoms with van der Waals surface area (Å²) in [4.78, 5) is 13.3. The highest BCUT2D eigenvalue weighted by atomic mass is 16.2. The third-order valence-corrected chi connectivity index (χ3v) is 2.36. The van der Waals surface area contributed by atoms with Gasteiger partial charge in [-0.2, -0.15) is 0 Å². The lowest BCUT2D eigenvalue weighted by atomic mass is 10.4. The van der Waals surface area contributed by atoms with Crippen LogP contribution in [0, 0.1) is 0 Å². The van der Waals surface area contributed by atoms with Gasteiger partial charge in [0, 0.05) is 19.6 Å². The number of carbonyl (C=O) groups excluding carboxylic acids is 1. The predicted octanol–water partition coefficient (Wildman–Crippen LogP) is -1.97. The Morgan fingerprint density at radius 1 is 1.59 bits per heavy atom. The largest absolute Gasteiger partial charge is 0.318 e. The quantitative estimate of drug-likeness (QED) is 0.291. The number of hydrogen-bond acceptors (Lipinski definition) is 6. The van der Waals surface area contributed by atoms with Gasteiger partial charge >= 0.3 is 0 Å². The van der Waals surface area contributed by atoms with Crippen molar-refractivity contribution in [2.45, 2.75) is 6.54 Å². The van der Waals surface area contributed by atoms with Crippen LogP contribution in [0.25, 0.3) is 0 Å². The number of hydrazine groups is 1. The Morgan fingerprint density at radius 3 is 3.00 bits per heavy atom. The Kier molecular flexibility index (Phi) is 5.53. The van der Waals surface area contributed by atoms with Gasteiger partial charge in [0.1, 0.15) is 0 Å². The van der Waals surface area contributed by atoms with Gasteiger partial charge in [0.25, 0.3) is 5.91 Å². The number of amides is 1. The number of likely N-dealkylation sites (N-methyl/N-ethyl adjacent to an activating group) is 2. The van der Waals surface area contributed by atoms with E-state index in [1.165, 1.54) is 0 Å². The molecule has 0 fully saturated rings. The van der Waals surface area contributed by atoms with Crippen LogP contribution in [0.4, 0.5) is 0 Å². The van der Waals surface area contributed by atoms with Gasteiger partial charge in [0.15, 0.2) is 5.69 Å². The van der Waals surface area contributed by atoms with Crippen molar-refractivity contribution in [3.8, 4) is 0 Å². The van der Waals surface area contributed by atoms with Crippen molar-refractivity contribution in [2.75, 3.05) is 33.7 Å². The van der Waals surface area contributed by atoms with Gasteiger partial charge in [-0.1, -0.05) is 5.21 Å². The van der Waals surface area contributed by atoms with Crippen LogP contribution in [0.1, 0.15) is 10.5 Å². The Bertz CT molecular complexity index is 351. The zero-order chi connectivity index (χ0) is 12.7. The van der Waals surface area contributed by atoms with Crippen LogP contribution in [-0.2, 0) is 6.54 Å². The maximum Gasteiger partial charge on any atom is 0.287 e. The van der Waals surface area contributed by atoms with Crippen molar-refractivity contribution < 1.29 is 4.79 Å². The van der Waals surface area contributed by atoms with E-state index in [9.17, 15) is 4.79 Å². The van der Waals surface area contributed by atoms with Crippen molar-refractivity contribution in [1.29, 1.82) is 0 Å². The number of nitrogens with zero attached hydrogens (tertiary/aromatic N) is 4. The van der Waals surface area contributed by atoms with E-state index in [0.717, 1.165) is 19.6 Å². The van der Waals surface area contributed by atoms with Crippen molar-refractivity contribution >= 4 is 5.91 Å². The van der Waals surface area contributed by atoms with E-state index in [2.05, 4.69) is 20.5 Å². The molecule has 0 aromatic carbocycles. The van der Waals surface area contributed by atoms with E-state index in [1.54, 1.807) is 10.9 Å². The molecule has 0 saturated carbocycles. The van der Waals surface area contributed by atoms with Gasteiger partial charge in [0.05, 0.1) is 12.7 Å². The number of nitrogens with one attached hydrogen (secondary N) is 2. The van der Waals surface area contributed by atoms with Crippen LogP contribution in [0.5, 0.6) is 0 Å². The van der Waals surface area contributed by atoms with Crippen molar-refractivity contribution in [3.63, 3.8) is 0 Å². The summed E-state index contributed by atoms with van der Waals surface area (Å²) in [6.45, 7) is 3.43. The molecule has 0 aliphatic rings. The van der Waals surface area contributed by atoms with Crippen molar-refractivity contribution in [2.24, 2.45) is 5.84 Å². The minimum absolute atomic E-state index is 0.227. The summed E-state index contributed by atoms with van der Waals surface area (Å²) in [6, 6.07) is 0. The zero-order valence-corrected chi connectivity index (χ0v) is 10.2. The molecule has 1 amide bonds. The second kappa shape index (κ2) is 6.94. The molecular formula is C9H19N7O. The molecule has 0 unspecified atom stereocenters. The van der Waals surface area contributed by atoms with Crippen LogP contribution in [0.15, 0.2) is 6.20 Å². The molecule has 1 aromatic heterocycles. The third kappa shape index (κ3) is 4.47. The highest BCUT2D eigenvalue weighted by Gasteiger charge is 2.08. The Hall–Kier alpha value is -1.51. The SMILES string of the molecule is CNCCN(C)CCn1cc(C(=O)NN)nn1. The second-order valence-electron chi connectivity index (χ2n) is 3.75. The fourth-order valence-corrected chi connectivity index (χ4v) is 1.27. The van der Waals surface area contributed by atoms with Gasteiger partial charge < -0.3 is 10.2 Å². The minimum atomic E-state index is -0.431. The van der Waals surface area contributed by atoms with E-state index in [-0.39, 0.29) is 5.69 Å². The molecule has 1 aromatic rings. The molecule has 0 aliphatic carbocycles. The Labute approximate surface area is 100 Å². The van der Waals surface area contributed by atoms with Gasteiger partial charge in [-0.05, 0) is 14.1 Å². The molecule has 0 saturated heterocycles. The smallest absolute Gasteiger partial charge is 0.287 e. The number of rotatable bonds is 7. The topological polar surface area (TPSA) is 101 Å². The van der Waals surface area contributed by atoms with Crippen LogP contribution < -0.4 is 16.6 Å². The van der Waals surface area contributed by atoms with Crippen LogP contribution >= 0.6 is 0 Å². The van der Waals surface area contributed by atoms with Crippen molar-refractivity contribution in [1.82, 2.24) is 30.6 Å². The number of hydrogen-bond donors (Lipinski definition) is 3. The molecule has 17 heavy (non-hydrogen) atoms. The van der Waals surface area contributed by atoms with Crippen LogP contribution in [-0.4, -0.2) is 59.5 Å². The molecule has 4 N–H and O–H groups in total. The zero-order valence-electron chi connectivity index (χ0n) is 10.2. The fraction of sp³-hybridized carbons (Fsp3) is 0.667. The van der Waals surface area contributed by atoms with E-state index in [1.807, 2.05) is 19.5 Å². The van der Waals surface area contributed by atoms with E-state index in [4.69, 9.17) is 5.84 Å². The molecule has 1 rings (SSSR count). The molecule has 0 aliphatic heterocycles. The molecular weight excluding hydrogens is 222 g/mol. The number of nitrogen functional groups attached to an aromatic ring is 1. The van der Waals surface area contributed by atoms with E-state index >= 15 is 0 Å². The maximum absolute atomic E-state index is 11.1. The summed E-state index contributed by atoms with van der Waals surface area (Å²) in [5, 5.41) is 10.6. The number of carbonyl (C=O) groups is 1. The van der Waals surface area contributed by atoms with E-state index in [0.29, 0.717) is 6.54 Å². The lowest BCUT2D eigenvalue weighted by Crippen LogP contribution is -2.30. The summed E-state index contributed by atoms with van der Waals surface area (Å²) in [5.74, 6) is 4.57. The Morgan fingerprint density at radius 2 is 2.35 bits per heavy atom. The summed E-state index contributed by atoms with van der Waals surface area (Å²) in [7, 11) is 3.95. The highest BCUT2D eigenvalue weighted by molar-refractivity contribution is 5.91. The predicted molar refractivity (Wildman–Crippen MR) is 63.1 cm³/mol. The molecule has 0 radical (unpaired) electrons. The monoisotopic (exact) mass is 241 g/mol. The summed E-state index contributed by atoms with van der Waals surface area (Å²) < 4.78 is 1.63. The van der Waals surface area contributed by atoms with Gasteiger partial charge in [-0.3, -0.25) is 14.9 Å². The highest BCUT2D eigenvalue weighted by Crippen LogP contribution is 1.93. The van der Waals surface area contributed by atoms with Crippen LogP contribution in [0.3, 0.4) is 0 Å². The maximum atomic E-state index is 11.1. The number of nitrogens with two attached hydrogens (primary N) is 1. The summed E-state index contributed by atoms with van der Waals surface area (Å²) >= 11 is 0. The molecule has 8 nitrogen and oxygen atoms in total. The molecule has 0 spiro atoms. The average molecular weight is 241 g/mol. The van der Waals surface area contributed by atoms with Crippen LogP contribution in [0.2, 0.25) is 0 Å². The number of aromatic nitrogens is 3. The molecule has 0 atom stereocenters. The Balaban J connectivity index is 2.36. The first-order valence-corrected chi connectivity index (χ1v) is 5.41. The lowest BCUT2D eigenvalue weighted by molar-refractivity contribution is 0.0948. The summed E-state index contributed by atoms with van der Waals surface area (Å²) in [6.07, 6.45) is 1.58. The first-order chi connectivity index (χ1) is 8.17. The van der Waals surface area contributed by atoms with E-state index < -0.39 is 5.91 Å².